The molecule has 0 unspecified atom stereocenters. The summed E-state index contributed by atoms with van der Waals surface area (Å²) in [5.41, 5.74) is 1.38. The number of hydrogen-bond acceptors (Lipinski definition) is 4. The number of aliphatic imine (C=N–C) groups is 1. The molecule has 27 heavy (non-hydrogen) atoms. The topological polar surface area (TPSA) is 66.9 Å². The minimum atomic E-state index is 0. The third kappa shape index (κ3) is 11.3. The van der Waals surface area contributed by atoms with Gasteiger partial charge in [-0.15, -0.1) is 24.0 Å². The zero-order valence-electron chi connectivity index (χ0n) is 17.6. The molecule has 3 N–H and O–H groups in total. The highest BCUT2D eigenvalue weighted by molar-refractivity contribution is 14.0. The van der Waals surface area contributed by atoms with Crippen molar-refractivity contribution in [3.63, 3.8) is 0 Å². The van der Waals surface area contributed by atoms with Crippen molar-refractivity contribution < 1.29 is 9.47 Å². The van der Waals surface area contributed by atoms with Crippen molar-refractivity contribution >= 4 is 29.9 Å². The van der Waals surface area contributed by atoms with Crippen LogP contribution in [-0.4, -0.2) is 51.9 Å². The summed E-state index contributed by atoms with van der Waals surface area (Å²) in [6.07, 6.45) is 1.98. The Morgan fingerprint density at radius 1 is 1.07 bits per heavy atom. The average Bonchev–Trinajstić information content (AvgIpc) is 2.60. The van der Waals surface area contributed by atoms with Gasteiger partial charge in [-0.25, -0.2) is 0 Å². The van der Waals surface area contributed by atoms with Gasteiger partial charge in [0.1, 0.15) is 0 Å². The summed E-state index contributed by atoms with van der Waals surface area (Å²) < 4.78 is 11.0. The molecule has 0 aliphatic heterocycles. The van der Waals surface area contributed by atoms with Crippen molar-refractivity contribution in [2.75, 3.05) is 40.4 Å². The minimum absolute atomic E-state index is 0. The third-order valence-electron chi connectivity index (χ3n) is 3.76. The molecule has 0 aliphatic carbocycles. The number of methoxy groups -OCH3 is 1. The van der Waals surface area contributed by atoms with Gasteiger partial charge < -0.3 is 25.4 Å². The van der Waals surface area contributed by atoms with E-state index in [1.807, 2.05) is 13.0 Å². The lowest BCUT2D eigenvalue weighted by molar-refractivity contribution is 0.310. The highest BCUT2D eigenvalue weighted by Crippen LogP contribution is 2.28. The van der Waals surface area contributed by atoms with Crippen LogP contribution in [0.15, 0.2) is 23.2 Å². The van der Waals surface area contributed by atoms with Crippen LogP contribution in [0.5, 0.6) is 11.5 Å². The van der Waals surface area contributed by atoms with E-state index in [0.29, 0.717) is 6.61 Å². The molecule has 0 heterocycles. The van der Waals surface area contributed by atoms with Crippen molar-refractivity contribution in [2.24, 2.45) is 4.99 Å². The van der Waals surface area contributed by atoms with Crippen LogP contribution < -0.4 is 25.4 Å². The first-order chi connectivity index (χ1) is 12.4. The molecule has 6 nitrogen and oxygen atoms in total. The average molecular weight is 492 g/mol. The summed E-state index contributed by atoms with van der Waals surface area (Å²) in [5.74, 6) is 2.43. The Hall–Kier alpha value is -1.22. The van der Waals surface area contributed by atoms with Crippen LogP contribution in [0, 0.1) is 0 Å². The van der Waals surface area contributed by atoms with E-state index in [1.165, 1.54) is 5.56 Å². The monoisotopic (exact) mass is 492 g/mol. The van der Waals surface area contributed by atoms with Gasteiger partial charge in [-0.05, 0) is 58.2 Å². The molecular weight excluding hydrogens is 455 g/mol. The Morgan fingerprint density at radius 3 is 2.37 bits per heavy atom. The van der Waals surface area contributed by atoms with Crippen LogP contribution in [0.4, 0.5) is 0 Å². The molecule has 0 atom stereocenters. The Balaban J connectivity index is 0.00000676. The molecule has 0 aliphatic rings. The van der Waals surface area contributed by atoms with E-state index in [9.17, 15) is 0 Å². The zero-order valence-corrected chi connectivity index (χ0v) is 20.0. The van der Waals surface area contributed by atoms with Gasteiger partial charge in [0.2, 0.25) is 0 Å². The molecule has 0 aromatic heterocycles. The fourth-order valence-electron chi connectivity index (χ4n) is 2.48. The maximum Gasteiger partial charge on any atom is 0.191 e. The highest BCUT2D eigenvalue weighted by atomic mass is 127. The maximum atomic E-state index is 5.63. The first-order valence-corrected chi connectivity index (χ1v) is 9.39. The smallest absolute Gasteiger partial charge is 0.191 e. The molecule has 156 valence electrons. The second-order valence-corrected chi connectivity index (χ2v) is 7.12. The van der Waals surface area contributed by atoms with E-state index in [1.54, 1.807) is 14.2 Å². The van der Waals surface area contributed by atoms with E-state index in [-0.39, 0.29) is 29.5 Å². The maximum absolute atomic E-state index is 5.63. The van der Waals surface area contributed by atoms with Crippen LogP contribution in [-0.2, 0) is 6.42 Å². The molecule has 1 rings (SSSR count). The van der Waals surface area contributed by atoms with Crippen molar-refractivity contribution in [2.45, 2.75) is 46.1 Å². The van der Waals surface area contributed by atoms with Gasteiger partial charge in [0.05, 0.1) is 13.7 Å². The zero-order chi connectivity index (χ0) is 19.4. The first kappa shape index (κ1) is 25.8. The SMILES string of the molecule is CCOc1cc(CCCNC(=NC)NCCNC(C)(C)C)ccc1OC.I. The molecule has 0 radical (unpaired) electrons. The Bertz CT molecular complexity index is 559. The third-order valence-corrected chi connectivity index (χ3v) is 3.76. The van der Waals surface area contributed by atoms with Crippen LogP contribution in [0.25, 0.3) is 0 Å². The number of ether oxygens (including phenoxy) is 2. The molecule has 0 bridgehead atoms. The van der Waals surface area contributed by atoms with E-state index in [2.05, 4.69) is 53.8 Å². The number of hydrogen-bond donors (Lipinski definition) is 3. The summed E-state index contributed by atoms with van der Waals surface area (Å²) in [7, 11) is 3.46. The fourth-order valence-corrected chi connectivity index (χ4v) is 2.48. The van der Waals surface area contributed by atoms with Gasteiger partial charge in [-0.2, -0.15) is 0 Å². The molecule has 0 fully saturated rings. The first-order valence-electron chi connectivity index (χ1n) is 9.39. The largest absolute Gasteiger partial charge is 0.493 e. The van der Waals surface area contributed by atoms with E-state index >= 15 is 0 Å². The predicted octanol–water partition coefficient (Wildman–Crippen LogP) is 3.20. The Kier molecular flexibility index (Phi) is 13.2. The number of halogens is 1. The number of nitrogens with one attached hydrogen (secondary N) is 3. The summed E-state index contributed by atoms with van der Waals surface area (Å²) >= 11 is 0. The molecule has 1 aromatic rings. The number of rotatable bonds is 10. The van der Waals surface area contributed by atoms with Gasteiger partial charge in [-0.1, -0.05) is 6.07 Å². The van der Waals surface area contributed by atoms with Crippen molar-refractivity contribution in [3.05, 3.63) is 23.8 Å². The highest BCUT2D eigenvalue weighted by Gasteiger charge is 2.08. The molecular formula is C20H37IN4O2. The van der Waals surface area contributed by atoms with Crippen molar-refractivity contribution in [1.29, 1.82) is 0 Å². The Labute approximate surface area is 181 Å². The number of nitrogens with zero attached hydrogens (tertiary/aromatic N) is 1. The van der Waals surface area contributed by atoms with Crippen LogP contribution in [0.1, 0.15) is 39.7 Å². The van der Waals surface area contributed by atoms with Gasteiger partial charge in [0.25, 0.3) is 0 Å². The molecule has 0 spiro atoms. The minimum Gasteiger partial charge on any atom is -0.493 e. The fraction of sp³-hybridized carbons (Fsp3) is 0.650. The van der Waals surface area contributed by atoms with Crippen molar-refractivity contribution in [3.8, 4) is 11.5 Å². The van der Waals surface area contributed by atoms with Crippen LogP contribution >= 0.6 is 24.0 Å². The predicted molar refractivity (Wildman–Crippen MR) is 125 cm³/mol. The quantitative estimate of drug-likeness (QED) is 0.203. The molecule has 0 amide bonds. The van der Waals surface area contributed by atoms with E-state index in [0.717, 1.165) is 49.9 Å². The number of benzene rings is 1. The van der Waals surface area contributed by atoms with Gasteiger partial charge in [-0.3, -0.25) is 4.99 Å². The molecule has 0 saturated carbocycles. The second kappa shape index (κ2) is 13.9. The van der Waals surface area contributed by atoms with Crippen LogP contribution in [0.2, 0.25) is 0 Å². The van der Waals surface area contributed by atoms with Gasteiger partial charge >= 0.3 is 0 Å². The summed E-state index contributed by atoms with van der Waals surface area (Å²) in [5, 5.41) is 10.1. The lowest BCUT2D eigenvalue weighted by atomic mass is 10.1. The van der Waals surface area contributed by atoms with Crippen molar-refractivity contribution in [1.82, 2.24) is 16.0 Å². The lowest BCUT2D eigenvalue weighted by Gasteiger charge is -2.21. The molecule has 7 heteroatoms. The van der Waals surface area contributed by atoms with Crippen LogP contribution in [0.3, 0.4) is 0 Å². The normalized spacial score (nSPS) is 11.6. The lowest BCUT2D eigenvalue weighted by Crippen LogP contribution is -2.44. The molecule has 0 saturated heterocycles. The number of guanidine groups is 1. The molecule has 1 aromatic carbocycles. The number of aryl methyl sites for hydroxylation is 1. The standard InChI is InChI=1S/C20H36N4O2.HI/c1-7-26-18-15-16(10-11-17(18)25-6)9-8-12-22-19(21-5)23-13-14-24-20(2,3)4;/h10-11,15,24H,7-9,12-14H2,1-6H3,(H2,21,22,23);1H. The second-order valence-electron chi connectivity index (χ2n) is 7.12. The summed E-state index contributed by atoms with van der Waals surface area (Å²) in [6.45, 7) is 11.7. The van der Waals surface area contributed by atoms with Gasteiger partial charge in [0, 0.05) is 32.2 Å². The van der Waals surface area contributed by atoms with E-state index < -0.39 is 0 Å². The van der Waals surface area contributed by atoms with Gasteiger partial charge in [0.15, 0.2) is 17.5 Å². The summed E-state index contributed by atoms with van der Waals surface area (Å²) in [4.78, 5) is 4.26. The Morgan fingerprint density at radius 2 is 1.78 bits per heavy atom. The van der Waals surface area contributed by atoms with E-state index in [4.69, 9.17) is 9.47 Å². The summed E-state index contributed by atoms with van der Waals surface area (Å²) in [6, 6.07) is 6.12.